The fraction of sp³-hybridized carbons (Fsp3) is 0.850. The molecule has 0 aromatic heterocycles. The molecule has 0 aliphatic heterocycles. The summed E-state index contributed by atoms with van der Waals surface area (Å²) in [5.41, 5.74) is 0. The first-order valence-corrected chi connectivity index (χ1v) is 10.00. The zero-order chi connectivity index (χ0) is 18.8. The van der Waals surface area contributed by atoms with Gasteiger partial charge in [-0.05, 0) is 12.8 Å². The van der Waals surface area contributed by atoms with Gasteiger partial charge in [0.1, 0.15) is 6.61 Å². The molecule has 0 bridgehead atoms. The summed E-state index contributed by atoms with van der Waals surface area (Å²) in [7, 11) is 0. The van der Waals surface area contributed by atoms with E-state index in [0.29, 0.717) is 0 Å². The molecule has 0 spiro atoms. The fourth-order valence-electron chi connectivity index (χ4n) is 2.86. The van der Waals surface area contributed by atoms with Crippen molar-refractivity contribution in [2.24, 2.45) is 0 Å². The van der Waals surface area contributed by atoms with E-state index < -0.39 is 12.1 Å². The number of amides is 1. The molecule has 0 radical (unpaired) electrons. The Balaban J connectivity index is 3.56. The van der Waals surface area contributed by atoms with Crippen molar-refractivity contribution in [3.8, 4) is 0 Å². The summed E-state index contributed by atoms with van der Waals surface area (Å²) < 4.78 is 0. The van der Waals surface area contributed by atoms with E-state index in [1.165, 1.54) is 71.1 Å². The van der Waals surface area contributed by atoms with Crippen molar-refractivity contribution in [1.82, 2.24) is 5.32 Å². The molecule has 0 aromatic rings. The van der Waals surface area contributed by atoms with E-state index >= 15 is 0 Å². The summed E-state index contributed by atoms with van der Waals surface area (Å²) in [6, 6.07) is -0.629. The first-order chi connectivity index (χ1) is 12.1. The van der Waals surface area contributed by atoms with Gasteiger partial charge in [-0.25, -0.2) is 4.89 Å². The summed E-state index contributed by atoms with van der Waals surface area (Å²) in [4.78, 5) is 15.1. The van der Waals surface area contributed by atoms with E-state index in [9.17, 15) is 9.90 Å². The molecule has 25 heavy (non-hydrogen) atoms. The number of nitrogens with one attached hydrogen (secondary N) is 1. The van der Waals surface area contributed by atoms with Crippen molar-refractivity contribution >= 4 is 5.91 Å². The molecule has 2 atom stereocenters. The van der Waals surface area contributed by atoms with Crippen molar-refractivity contribution in [3.05, 3.63) is 12.2 Å². The Labute approximate surface area is 153 Å². The van der Waals surface area contributed by atoms with Crippen LogP contribution < -0.4 is 5.32 Å². The number of allylic oxidation sites excluding steroid dienone is 1. The van der Waals surface area contributed by atoms with Gasteiger partial charge in [-0.3, -0.25) is 10.1 Å². The lowest BCUT2D eigenvalue weighted by Crippen LogP contribution is -2.44. The zero-order valence-corrected chi connectivity index (χ0v) is 16.2. The van der Waals surface area contributed by atoms with Crippen molar-refractivity contribution in [1.29, 1.82) is 0 Å². The number of hydrogen-bond acceptors (Lipinski definition) is 4. The van der Waals surface area contributed by atoms with E-state index in [0.717, 1.165) is 12.8 Å². The first-order valence-electron chi connectivity index (χ1n) is 10.00. The van der Waals surface area contributed by atoms with Gasteiger partial charge in [-0.1, -0.05) is 83.3 Å². The minimum absolute atomic E-state index is 0.135. The molecular weight excluding hydrogens is 318 g/mol. The molecule has 0 rings (SSSR count). The second-order valence-electron chi connectivity index (χ2n) is 6.85. The number of carbonyl (C=O) groups is 1. The molecule has 148 valence electrons. The minimum atomic E-state index is -0.858. The van der Waals surface area contributed by atoms with Gasteiger partial charge in [-0.15, -0.1) is 0 Å². The maximum Gasteiger partial charge on any atom is 0.217 e. The van der Waals surface area contributed by atoms with Crippen molar-refractivity contribution < 1.29 is 20.0 Å². The van der Waals surface area contributed by atoms with Crippen LogP contribution in [0.15, 0.2) is 12.2 Å². The Hall–Kier alpha value is -0.910. The van der Waals surface area contributed by atoms with Crippen LogP contribution in [0.5, 0.6) is 0 Å². The number of carbonyl (C=O) groups excluding carboxylic acids is 1. The lowest BCUT2D eigenvalue weighted by Gasteiger charge is -2.19. The second-order valence-corrected chi connectivity index (χ2v) is 6.85. The monoisotopic (exact) mass is 357 g/mol. The molecule has 3 N–H and O–H groups in total. The van der Waals surface area contributed by atoms with E-state index in [1.807, 2.05) is 6.08 Å². The molecule has 2 unspecified atom stereocenters. The number of aliphatic hydroxyl groups excluding tert-OH is 1. The molecule has 0 saturated heterocycles. The van der Waals surface area contributed by atoms with Crippen molar-refractivity contribution in [2.45, 2.75) is 103 Å². The number of hydrogen-bond donors (Lipinski definition) is 3. The van der Waals surface area contributed by atoms with Gasteiger partial charge in [0.25, 0.3) is 0 Å². The number of rotatable bonds is 17. The minimum Gasteiger partial charge on any atom is -0.387 e. The van der Waals surface area contributed by atoms with Crippen molar-refractivity contribution in [2.75, 3.05) is 6.61 Å². The predicted octanol–water partition coefficient (Wildman–Crippen LogP) is 4.60. The van der Waals surface area contributed by atoms with Gasteiger partial charge < -0.3 is 10.4 Å². The molecule has 0 saturated carbocycles. The summed E-state index contributed by atoms with van der Waals surface area (Å²) >= 11 is 0. The van der Waals surface area contributed by atoms with Crippen LogP contribution in [0.4, 0.5) is 0 Å². The van der Waals surface area contributed by atoms with Crippen LogP contribution in [0.2, 0.25) is 0 Å². The summed E-state index contributed by atoms with van der Waals surface area (Å²) in [6.07, 6.45) is 18.1. The van der Waals surface area contributed by atoms with Gasteiger partial charge >= 0.3 is 0 Å². The van der Waals surface area contributed by atoms with E-state index in [4.69, 9.17) is 5.26 Å². The van der Waals surface area contributed by atoms with Gasteiger partial charge in [0.05, 0.1) is 12.1 Å². The summed E-state index contributed by atoms with van der Waals surface area (Å²) in [5, 5.41) is 21.0. The summed E-state index contributed by atoms with van der Waals surface area (Å²) in [6.45, 7) is 3.48. The third-order valence-corrected chi connectivity index (χ3v) is 4.36. The molecule has 5 heteroatoms. The fourth-order valence-corrected chi connectivity index (χ4v) is 2.86. The lowest BCUT2D eigenvalue weighted by molar-refractivity contribution is -0.249. The van der Waals surface area contributed by atoms with Gasteiger partial charge in [0.2, 0.25) is 5.91 Å². The van der Waals surface area contributed by atoms with Gasteiger partial charge in [-0.2, -0.15) is 0 Å². The molecule has 0 heterocycles. The molecule has 0 fully saturated rings. The molecule has 0 aromatic carbocycles. The Bertz CT molecular complexity index is 334. The van der Waals surface area contributed by atoms with Crippen LogP contribution in [-0.4, -0.2) is 35.0 Å². The standard InChI is InChI=1S/C20H39NO4/c1-3-4-5-6-7-8-9-10-11-12-13-14-15-16-20(23)19(17-25-24)21-18(2)22/h15-16,19-20,23-24H,3-14,17H2,1-2H3,(H,21,22)/b16-15+. The average molecular weight is 358 g/mol. The van der Waals surface area contributed by atoms with Crippen LogP contribution >= 0.6 is 0 Å². The molecule has 0 aliphatic rings. The highest BCUT2D eigenvalue weighted by Crippen LogP contribution is 2.12. The second kappa shape index (κ2) is 17.9. The Morgan fingerprint density at radius 2 is 1.52 bits per heavy atom. The smallest absolute Gasteiger partial charge is 0.217 e. The third-order valence-electron chi connectivity index (χ3n) is 4.36. The third kappa shape index (κ3) is 16.3. The Morgan fingerprint density at radius 3 is 2.00 bits per heavy atom. The highest BCUT2D eigenvalue weighted by Gasteiger charge is 2.17. The van der Waals surface area contributed by atoms with Crippen LogP contribution in [0.3, 0.4) is 0 Å². The Kier molecular flexibility index (Phi) is 17.2. The molecule has 1 amide bonds. The highest BCUT2D eigenvalue weighted by molar-refractivity contribution is 5.73. The van der Waals surface area contributed by atoms with Gasteiger partial charge in [0, 0.05) is 6.92 Å². The van der Waals surface area contributed by atoms with E-state index in [1.54, 1.807) is 6.08 Å². The normalized spacial score (nSPS) is 13.9. The average Bonchev–Trinajstić information content (AvgIpc) is 2.58. The molecule has 5 nitrogen and oxygen atoms in total. The van der Waals surface area contributed by atoms with Gasteiger partial charge in [0.15, 0.2) is 0 Å². The number of aliphatic hydroxyl groups is 1. The summed E-state index contributed by atoms with van der Waals surface area (Å²) in [5.74, 6) is -0.264. The maximum atomic E-state index is 11.0. The highest BCUT2D eigenvalue weighted by atomic mass is 17.1. The van der Waals surface area contributed by atoms with Crippen LogP contribution in [0, 0.1) is 0 Å². The maximum absolute atomic E-state index is 11.0. The van der Waals surface area contributed by atoms with Crippen LogP contribution in [-0.2, 0) is 9.68 Å². The topological polar surface area (TPSA) is 78.8 Å². The Morgan fingerprint density at radius 1 is 1.00 bits per heavy atom. The van der Waals surface area contributed by atoms with Crippen LogP contribution in [0.25, 0.3) is 0 Å². The SMILES string of the molecule is CCCCCCCCCCCCC/C=C/C(O)C(COO)NC(C)=O. The quantitative estimate of drug-likeness (QED) is 0.154. The van der Waals surface area contributed by atoms with Crippen LogP contribution in [0.1, 0.15) is 90.9 Å². The van der Waals surface area contributed by atoms with Crippen molar-refractivity contribution in [3.63, 3.8) is 0 Å². The molecular formula is C20H39NO4. The zero-order valence-electron chi connectivity index (χ0n) is 16.2. The molecule has 0 aliphatic carbocycles. The lowest BCUT2D eigenvalue weighted by atomic mass is 10.0. The predicted molar refractivity (Wildman–Crippen MR) is 102 cm³/mol. The van der Waals surface area contributed by atoms with E-state index in [2.05, 4.69) is 17.1 Å². The first kappa shape index (κ1) is 24.1. The number of unbranched alkanes of at least 4 members (excludes halogenated alkanes) is 11. The largest absolute Gasteiger partial charge is 0.387 e. The van der Waals surface area contributed by atoms with E-state index in [-0.39, 0.29) is 12.5 Å².